The first-order valence-corrected chi connectivity index (χ1v) is 7.35. The molecule has 0 saturated heterocycles. The lowest BCUT2D eigenvalue weighted by atomic mass is 10.1. The third kappa shape index (κ3) is 2.01. The van der Waals surface area contributed by atoms with E-state index in [9.17, 15) is 4.39 Å². The average molecular weight is 351 g/mol. The van der Waals surface area contributed by atoms with Gasteiger partial charge in [-0.1, -0.05) is 12.1 Å². The lowest BCUT2D eigenvalue weighted by Crippen LogP contribution is -1.99. The topological polar surface area (TPSA) is 20.7 Å². The number of imidazole rings is 1. The fraction of sp³-hybridized carbons (Fsp3) is 0.133. The molecule has 1 N–H and O–H groups in total. The summed E-state index contributed by atoms with van der Waals surface area (Å²) < 4.78 is 17.2. The number of hydrogen-bond donors (Lipinski definition) is 1. The summed E-state index contributed by atoms with van der Waals surface area (Å²) >= 11 is 8.95. The van der Waals surface area contributed by atoms with Gasteiger partial charge in [-0.25, -0.2) is 4.39 Å². The third-order valence-corrected chi connectivity index (χ3v) is 4.18. The molecule has 1 heterocycles. The molecule has 0 bridgehead atoms. The minimum atomic E-state index is -0.298. The van der Waals surface area contributed by atoms with Crippen LogP contribution in [0.25, 0.3) is 16.7 Å². The van der Waals surface area contributed by atoms with Gasteiger partial charge in [0.15, 0.2) is 4.77 Å². The zero-order valence-corrected chi connectivity index (χ0v) is 13.4. The first-order valence-electron chi connectivity index (χ1n) is 6.15. The minimum absolute atomic E-state index is 0.298. The van der Waals surface area contributed by atoms with Crippen LogP contribution in [0.1, 0.15) is 11.1 Å². The number of aromatic amines is 1. The second-order valence-corrected chi connectivity index (χ2v) is 6.05. The number of aryl methyl sites for hydroxylation is 2. The van der Waals surface area contributed by atoms with Crippen LogP contribution in [0.4, 0.5) is 4.39 Å². The number of nitrogens with one attached hydrogen (secondary N) is 1. The van der Waals surface area contributed by atoms with Gasteiger partial charge >= 0.3 is 0 Å². The number of hydrogen-bond acceptors (Lipinski definition) is 1. The Morgan fingerprint density at radius 3 is 2.70 bits per heavy atom. The minimum Gasteiger partial charge on any atom is -0.328 e. The van der Waals surface area contributed by atoms with E-state index in [1.165, 1.54) is 6.07 Å². The summed E-state index contributed by atoms with van der Waals surface area (Å²) in [5, 5.41) is 0. The predicted molar refractivity (Wildman–Crippen MR) is 85.6 cm³/mol. The Bertz CT molecular complexity index is 856. The largest absolute Gasteiger partial charge is 0.328 e. The van der Waals surface area contributed by atoms with Crippen molar-refractivity contribution in [1.29, 1.82) is 0 Å². The Labute approximate surface area is 129 Å². The van der Waals surface area contributed by atoms with Gasteiger partial charge in [0.25, 0.3) is 0 Å². The van der Waals surface area contributed by atoms with E-state index in [1.807, 2.05) is 30.5 Å². The van der Waals surface area contributed by atoms with Crippen molar-refractivity contribution in [1.82, 2.24) is 9.55 Å². The van der Waals surface area contributed by atoms with E-state index in [4.69, 9.17) is 12.2 Å². The first-order chi connectivity index (χ1) is 9.49. The van der Waals surface area contributed by atoms with E-state index in [1.54, 1.807) is 6.07 Å². The van der Waals surface area contributed by atoms with Gasteiger partial charge in [-0.2, -0.15) is 0 Å². The normalized spacial score (nSPS) is 11.2. The number of rotatable bonds is 1. The van der Waals surface area contributed by atoms with Crippen LogP contribution in [0, 0.1) is 24.4 Å². The summed E-state index contributed by atoms with van der Waals surface area (Å²) in [6.45, 7) is 4.06. The van der Waals surface area contributed by atoms with Crippen LogP contribution in [0.2, 0.25) is 0 Å². The summed E-state index contributed by atoms with van der Waals surface area (Å²) in [6.07, 6.45) is 0. The van der Waals surface area contributed by atoms with Gasteiger partial charge in [0, 0.05) is 4.47 Å². The molecule has 102 valence electrons. The highest BCUT2D eigenvalue weighted by Crippen LogP contribution is 2.30. The van der Waals surface area contributed by atoms with Gasteiger partial charge in [-0.05, 0) is 71.3 Å². The molecule has 0 spiro atoms. The molecule has 20 heavy (non-hydrogen) atoms. The van der Waals surface area contributed by atoms with E-state index in [0.717, 1.165) is 26.8 Å². The fourth-order valence-corrected chi connectivity index (χ4v) is 3.65. The molecule has 3 aromatic rings. The van der Waals surface area contributed by atoms with Crippen LogP contribution in [-0.4, -0.2) is 9.55 Å². The monoisotopic (exact) mass is 350 g/mol. The molecule has 0 atom stereocenters. The Morgan fingerprint density at radius 1 is 1.25 bits per heavy atom. The summed E-state index contributed by atoms with van der Waals surface area (Å²) in [5.41, 5.74) is 4.36. The van der Waals surface area contributed by atoms with Crippen LogP contribution >= 0.6 is 28.1 Å². The van der Waals surface area contributed by atoms with Crippen molar-refractivity contribution in [2.75, 3.05) is 0 Å². The number of halogens is 2. The highest BCUT2D eigenvalue weighted by Gasteiger charge is 2.14. The first kappa shape index (κ1) is 13.5. The molecular formula is C15H12BrFN2S. The van der Waals surface area contributed by atoms with E-state index in [0.29, 0.717) is 10.3 Å². The lowest BCUT2D eigenvalue weighted by Gasteiger charge is -2.12. The number of aromatic nitrogens is 2. The summed E-state index contributed by atoms with van der Waals surface area (Å²) in [5.74, 6) is -0.298. The van der Waals surface area contributed by atoms with Crippen molar-refractivity contribution >= 4 is 39.2 Å². The van der Waals surface area contributed by atoms with Crippen molar-refractivity contribution in [3.05, 3.63) is 56.5 Å². The molecule has 0 aliphatic heterocycles. The Balaban J connectivity index is 2.45. The predicted octanol–water partition coefficient (Wildman–Crippen LogP) is 5.21. The Hall–Kier alpha value is -1.46. The molecule has 1 aromatic heterocycles. The quantitative estimate of drug-likeness (QED) is 0.597. The number of benzene rings is 2. The van der Waals surface area contributed by atoms with Gasteiger partial charge in [0.05, 0.1) is 11.2 Å². The number of fused-ring (bicyclic) bond motifs is 1. The van der Waals surface area contributed by atoms with E-state index >= 15 is 0 Å². The summed E-state index contributed by atoms with van der Waals surface area (Å²) in [4.78, 5) is 2.94. The standard InChI is InChI=1S/C15H12BrFN2S/c1-8-6-9(2)14(10(16)7-8)19-12-5-3-4-11(17)13(12)18-15(19)20/h3-7H,1-2H3,(H,18,20). The second-order valence-electron chi connectivity index (χ2n) is 4.81. The highest BCUT2D eigenvalue weighted by atomic mass is 79.9. The maximum Gasteiger partial charge on any atom is 0.182 e. The summed E-state index contributed by atoms with van der Waals surface area (Å²) in [7, 11) is 0. The van der Waals surface area contributed by atoms with E-state index in [-0.39, 0.29) is 5.82 Å². The third-order valence-electron chi connectivity index (χ3n) is 3.29. The number of nitrogens with zero attached hydrogens (tertiary/aromatic N) is 1. The van der Waals surface area contributed by atoms with Gasteiger partial charge < -0.3 is 4.98 Å². The van der Waals surface area contributed by atoms with Crippen molar-refractivity contribution in [3.8, 4) is 5.69 Å². The van der Waals surface area contributed by atoms with E-state index < -0.39 is 0 Å². The van der Waals surface area contributed by atoms with Crippen molar-refractivity contribution in [2.24, 2.45) is 0 Å². The fourth-order valence-electron chi connectivity index (χ4n) is 2.51. The van der Waals surface area contributed by atoms with Crippen molar-refractivity contribution in [3.63, 3.8) is 0 Å². The Kier molecular flexibility index (Phi) is 3.26. The molecule has 2 nitrogen and oxygen atoms in total. The molecule has 0 aliphatic rings. The van der Waals surface area contributed by atoms with Crippen LogP contribution in [0.5, 0.6) is 0 Å². The van der Waals surface area contributed by atoms with Gasteiger partial charge in [0.1, 0.15) is 11.3 Å². The SMILES string of the molecule is Cc1cc(C)c(-n2c(=S)[nH]c3c(F)cccc32)c(Br)c1. The average Bonchev–Trinajstić information content (AvgIpc) is 2.67. The second kappa shape index (κ2) is 4.82. The Morgan fingerprint density at radius 2 is 2.00 bits per heavy atom. The molecule has 0 aliphatic carbocycles. The molecule has 0 unspecified atom stereocenters. The molecule has 2 aromatic carbocycles. The zero-order valence-electron chi connectivity index (χ0n) is 11.0. The van der Waals surface area contributed by atoms with Crippen molar-refractivity contribution in [2.45, 2.75) is 13.8 Å². The number of H-pyrrole nitrogens is 1. The van der Waals surface area contributed by atoms with Gasteiger partial charge in [-0.3, -0.25) is 4.57 Å². The van der Waals surface area contributed by atoms with Crippen LogP contribution in [-0.2, 0) is 0 Å². The number of para-hydroxylation sites is 1. The van der Waals surface area contributed by atoms with Crippen LogP contribution < -0.4 is 0 Å². The molecule has 0 radical (unpaired) electrons. The lowest BCUT2D eigenvalue weighted by molar-refractivity contribution is 0.637. The van der Waals surface area contributed by atoms with E-state index in [2.05, 4.69) is 27.0 Å². The maximum absolute atomic E-state index is 13.9. The van der Waals surface area contributed by atoms with Crippen molar-refractivity contribution < 1.29 is 4.39 Å². The maximum atomic E-state index is 13.9. The molecule has 3 rings (SSSR count). The molecule has 0 amide bonds. The van der Waals surface area contributed by atoms with Gasteiger partial charge in [-0.15, -0.1) is 0 Å². The highest BCUT2D eigenvalue weighted by molar-refractivity contribution is 9.10. The molecule has 0 fully saturated rings. The van der Waals surface area contributed by atoms with Crippen LogP contribution in [0.15, 0.2) is 34.8 Å². The molecule has 5 heteroatoms. The van der Waals surface area contributed by atoms with Gasteiger partial charge in [0.2, 0.25) is 0 Å². The molecule has 0 saturated carbocycles. The molecular weight excluding hydrogens is 339 g/mol. The smallest absolute Gasteiger partial charge is 0.182 e. The van der Waals surface area contributed by atoms with Crippen LogP contribution in [0.3, 0.4) is 0 Å². The summed E-state index contributed by atoms with van der Waals surface area (Å²) in [6, 6.07) is 9.09. The zero-order chi connectivity index (χ0) is 14.4.